The molecule has 4 heteroatoms. The van der Waals surface area contributed by atoms with Crippen molar-refractivity contribution in [1.29, 1.82) is 0 Å². The Labute approximate surface area is 131 Å². The van der Waals surface area contributed by atoms with Crippen LogP contribution in [0, 0.1) is 11.8 Å². The third kappa shape index (κ3) is 2.75. The maximum absolute atomic E-state index is 6.14. The molecule has 2 aromatic rings. The molecule has 4 nitrogen and oxygen atoms in total. The molecule has 116 valence electrons. The van der Waals surface area contributed by atoms with Crippen LogP contribution in [0.1, 0.15) is 18.7 Å². The molecule has 0 radical (unpaired) electrons. The molecule has 1 aliphatic heterocycles. The summed E-state index contributed by atoms with van der Waals surface area (Å²) in [6.07, 6.45) is 6.69. The number of aryl methyl sites for hydroxylation is 1. The molecular formula is C18H23N3O. The smallest absolute Gasteiger partial charge is 0.122 e. The van der Waals surface area contributed by atoms with Gasteiger partial charge in [-0.15, -0.1) is 0 Å². The van der Waals surface area contributed by atoms with E-state index in [9.17, 15) is 0 Å². The standard InChI is InChI=1S/C18H23N3O/c1-20-8-7-19-18(20)13-21-11-14-9-17(10-15(14)12-21)22-16-5-3-2-4-6-16/h2-8,14-15,17H,9-13H2,1H3/t14-,15+,17?. The van der Waals surface area contributed by atoms with E-state index >= 15 is 0 Å². The van der Waals surface area contributed by atoms with Gasteiger partial charge in [0.1, 0.15) is 11.6 Å². The number of benzene rings is 1. The van der Waals surface area contributed by atoms with Gasteiger partial charge in [0.05, 0.1) is 12.6 Å². The molecule has 4 rings (SSSR count). The minimum absolute atomic E-state index is 0.396. The molecule has 0 bridgehead atoms. The molecule has 1 aromatic heterocycles. The lowest BCUT2D eigenvalue weighted by Crippen LogP contribution is -2.25. The fourth-order valence-electron chi connectivity index (χ4n) is 4.01. The second-order valence-electron chi connectivity index (χ2n) is 6.69. The summed E-state index contributed by atoms with van der Waals surface area (Å²) in [5.41, 5.74) is 0. The lowest BCUT2D eigenvalue weighted by atomic mass is 10.0. The lowest BCUT2D eigenvalue weighted by molar-refractivity contribution is 0.183. The average molecular weight is 297 g/mol. The Morgan fingerprint density at radius 1 is 1.14 bits per heavy atom. The van der Waals surface area contributed by atoms with Crippen LogP contribution in [0.2, 0.25) is 0 Å². The van der Waals surface area contributed by atoms with Gasteiger partial charge in [-0.25, -0.2) is 4.98 Å². The van der Waals surface area contributed by atoms with Crippen LogP contribution in [0.3, 0.4) is 0 Å². The quantitative estimate of drug-likeness (QED) is 0.869. The van der Waals surface area contributed by atoms with E-state index in [-0.39, 0.29) is 0 Å². The summed E-state index contributed by atoms with van der Waals surface area (Å²) in [5.74, 6) is 3.75. The third-order valence-electron chi connectivity index (χ3n) is 5.12. The molecule has 0 N–H and O–H groups in total. The van der Waals surface area contributed by atoms with E-state index in [0.29, 0.717) is 6.10 Å². The number of imidazole rings is 1. The van der Waals surface area contributed by atoms with Gasteiger partial charge in [-0.3, -0.25) is 4.90 Å². The molecular weight excluding hydrogens is 274 g/mol. The predicted molar refractivity (Wildman–Crippen MR) is 85.6 cm³/mol. The third-order valence-corrected chi connectivity index (χ3v) is 5.12. The first-order valence-corrected chi connectivity index (χ1v) is 8.18. The van der Waals surface area contributed by atoms with Crippen LogP contribution in [0.5, 0.6) is 5.75 Å². The van der Waals surface area contributed by atoms with E-state index in [1.54, 1.807) is 0 Å². The Hall–Kier alpha value is -1.81. The topological polar surface area (TPSA) is 30.3 Å². The molecule has 1 saturated carbocycles. The number of hydrogen-bond acceptors (Lipinski definition) is 3. The Kier molecular flexibility index (Phi) is 3.62. The minimum atomic E-state index is 0.396. The SMILES string of the molecule is Cn1ccnc1CN1C[C@H]2CC(Oc3ccccc3)C[C@H]2C1. The molecule has 22 heavy (non-hydrogen) atoms. The Morgan fingerprint density at radius 3 is 2.50 bits per heavy atom. The van der Waals surface area contributed by atoms with Gasteiger partial charge in [0, 0.05) is 32.5 Å². The summed E-state index contributed by atoms with van der Waals surface area (Å²) >= 11 is 0. The highest BCUT2D eigenvalue weighted by atomic mass is 16.5. The fraction of sp³-hybridized carbons (Fsp3) is 0.500. The van der Waals surface area contributed by atoms with Crippen molar-refractivity contribution < 1.29 is 4.74 Å². The van der Waals surface area contributed by atoms with Crippen LogP contribution in [0.15, 0.2) is 42.7 Å². The normalized spacial score (nSPS) is 28.0. The molecule has 0 spiro atoms. The van der Waals surface area contributed by atoms with Gasteiger partial charge < -0.3 is 9.30 Å². The number of para-hydroxylation sites is 1. The first-order chi connectivity index (χ1) is 10.8. The van der Waals surface area contributed by atoms with Crippen LogP contribution in [0.4, 0.5) is 0 Å². The second kappa shape index (κ2) is 5.76. The molecule has 2 aliphatic rings. The maximum Gasteiger partial charge on any atom is 0.122 e. The molecule has 1 aromatic carbocycles. The Balaban J connectivity index is 1.32. The van der Waals surface area contributed by atoms with Crippen LogP contribution < -0.4 is 4.74 Å². The van der Waals surface area contributed by atoms with Crippen LogP contribution in [-0.4, -0.2) is 33.6 Å². The van der Waals surface area contributed by atoms with Gasteiger partial charge in [-0.1, -0.05) is 18.2 Å². The average Bonchev–Trinajstić information content (AvgIpc) is 3.16. The predicted octanol–water partition coefficient (Wildman–Crippen LogP) is 2.71. The highest BCUT2D eigenvalue weighted by Crippen LogP contribution is 2.40. The summed E-state index contributed by atoms with van der Waals surface area (Å²) in [4.78, 5) is 6.99. The summed E-state index contributed by atoms with van der Waals surface area (Å²) < 4.78 is 8.26. The number of ether oxygens (including phenoxy) is 1. The van der Waals surface area contributed by atoms with E-state index in [1.807, 2.05) is 30.6 Å². The van der Waals surface area contributed by atoms with Gasteiger partial charge in [0.25, 0.3) is 0 Å². The zero-order valence-electron chi connectivity index (χ0n) is 13.1. The van der Waals surface area contributed by atoms with Crippen molar-refractivity contribution in [2.45, 2.75) is 25.5 Å². The largest absolute Gasteiger partial charge is 0.490 e. The summed E-state index contributed by atoms with van der Waals surface area (Å²) in [6, 6.07) is 10.2. The molecule has 1 saturated heterocycles. The number of nitrogens with zero attached hydrogens (tertiary/aromatic N) is 3. The van der Waals surface area contributed by atoms with E-state index in [0.717, 1.165) is 30.0 Å². The van der Waals surface area contributed by atoms with Crippen molar-refractivity contribution in [2.75, 3.05) is 13.1 Å². The Morgan fingerprint density at radius 2 is 1.86 bits per heavy atom. The second-order valence-corrected chi connectivity index (χ2v) is 6.69. The van der Waals surface area contributed by atoms with E-state index in [4.69, 9.17) is 4.74 Å². The highest BCUT2D eigenvalue weighted by molar-refractivity contribution is 5.21. The van der Waals surface area contributed by atoms with Crippen molar-refractivity contribution in [3.05, 3.63) is 48.5 Å². The van der Waals surface area contributed by atoms with Gasteiger partial charge in [-0.05, 0) is 36.8 Å². The first-order valence-electron chi connectivity index (χ1n) is 8.18. The molecule has 2 heterocycles. The number of rotatable bonds is 4. The highest BCUT2D eigenvalue weighted by Gasteiger charge is 2.41. The maximum atomic E-state index is 6.14. The zero-order valence-corrected chi connectivity index (χ0v) is 13.1. The monoisotopic (exact) mass is 297 g/mol. The minimum Gasteiger partial charge on any atom is -0.490 e. The van der Waals surface area contributed by atoms with E-state index in [2.05, 4.69) is 33.6 Å². The van der Waals surface area contributed by atoms with Crippen molar-refractivity contribution >= 4 is 0 Å². The Bertz CT molecular complexity index is 610. The van der Waals surface area contributed by atoms with Gasteiger partial charge in [-0.2, -0.15) is 0 Å². The molecule has 1 aliphatic carbocycles. The first kappa shape index (κ1) is 13.8. The lowest BCUT2D eigenvalue weighted by Gasteiger charge is -2.19. The number of fused-ring (bicyclic) bond motifs is 1. The summed E-state index contributed by atoms with van der Waals surface area (Å²) in [7, 11) is 2.07. The number of hydrogen-bond donors (Lipinski definition) is 0. The van der Waals surface area contributed by atoms with Crippen molar-refractivity contribution in [1.82, 2.24) is 14.5 Å². The van der Waals surface area contributed by atoms with Gasteiger partial charge >= 0.3 is 0 Å². The van der Waals surface area contributed by atoms with Crippen molar-refractivity contribution in [3.8, 4) is 5.75 Å². The zero-order chi connectivity index (χ0) is 14.9. The molecule has 1 unspecified atom stereocenters. The molecule has 3 atom stereocenters. The van der Waals surface area contributed by atoms with E-state index in [1.165, 1.54) is 25.9 Å². The molecule has 0 amide bonds. The van der Waals surface area contributed by atoms with Gasteiger partial charge in [0.15, 0.2) is 0 Å². The van der Waals surface area contributed by atoms with Crippen molar-refractivity contribution in [3.63, 3.8) is 0 Å². The van der Waals surface area contributed by atoms with E-state index < -0.39 is 0 Å². The van der Waals surface area contributed by atoms with Gasteiger partial charge in [0.2, 0.25) is 0 Å². The molecule has 2 fully saturated rings. The van der Waals surface area contributed by atoms with Crippen LogP contribution >= 0.6 is 0 Å². The van der Waals surface area contributed by atoms with Crippen LogP contribution in [0.25, 0.3) is 0 Å². The summed E-state index contributed by atoms with van der Waals surface area (Å²) in [6.45, 7) is 3.35. The van der Waals surface area contributed by atoms with Crippen molar-refractivity contribution in [2.24, 2.45) is 18.9 Å². The number of likely N-dealkylation sites (tertiary alicyclic amines) is 1. The van der Waals surface area contributed by atoms with Crippen LogP contribution in [-0.2, 0) is 13.6 Å². The number of aromatic nitrogens is 2. The summed E-state index contributed by atoms with van der Waals surface area (Å²) in [5, 5.41) is 0. The fourth-order valence-corrected chi connectivity index (χ4v) is 4.01.